The molecule has 3 aromatic rings. The Morgan fingerprint density at radius 2 is 2.00 bits per heavy atom. The van der Waals surface area contributed by atoms with Gasteiger partial charge in [-0.05, 0) is 25.1 Å². The second-order valence-electron chi connectivity index (χ2n) is 5.59. The molecule has 0 radical (unpaired) electrons. The first-order valence-corrected chi connectivity index (χ1v) is 7.40. The highest BCUT2D eigenvalue weighted by Gasteiger charge is 2.25. The van der Waals surface area contributed by atoms with Crippen LogP contribution in [-0.2, 0) is 6.54 Å². The maximum Gasteiger partial charge on any atom is 0.285 e. The van der Waals surface area contributed by atoms with Gasteiger partial charge < -0.3 is 9.88 Å². The van der Waals surface area contributed by atoms with Crippen LogP contribution in [0.5, 0.6) is 0 Å². The summed E-state index contributed by atoms with van der Waals surface area (Å²) in [6.45, 7) is 1.85. The number of nitro benzene ring substituents is 1. The Hall–Kier alpha value is -3.22. The number of H-pyrrole nitrogens is 1. The lowest BCUT2D eigenvalue weighted by Gasteiger charge is -2.16. The topological polar surface area (TPSA) is 92.1 Å². The van der Waals surface area contributed by atoms with E-state index >= 15 is 0 Å². The van der Waals surface area contributed by atoms with E-state index < -0.39 is 10.8 Å². The Morgan fingerprint density at radius 1 is 1.25 bits per heavy atom. The molecule has 0 unspecified atom stereocenters. The SMILES string of the molecule is Cc1cccc(C(=O)N(C)Cc2nc3ccccc3[nH]2)c1[N+](=O)[O-]. The number of aromatic nitrogens is 2. The Morgan fingerprint density at radius 3 is 2.71 bits per heavy atom. The van der Waals surface area contributed by atoms with Crippen LogP contribution in [-0.4, -0.2) is 32.7 Å². The molecule has 1 N–H and O–H groups in total. The third-order valence-electron chi connectivity index (χ3n) is 3.82. The van der Waals surface area contributed by atoms with Crippen molar-refractivity contribution in [3.8, 4) is 0 Å². The first-order valence-electron chi connectivity index (χ1n) is 7.40. The minimum absolute atomic E-state index is 0.0820. The molecule has 1 amide bonds. The predicted molar refractivity (Wildman–Crippen MR) is 89.7 cm³/mol. The van der Waals surface area contributed by atoms with Gasteiger partial charge in [-0.1, -0.05) is 24.3 Å². The van der Waals surface area contributed by atoms with Crippen LogP contribution >= 0.6 is 0 Å². The molecule has 7 nitrogen and oxygen atoms in total. The second kappa shape index (κ2) is 6.11. The summed E-state index contributed by atoms with van der Waals surface area (Å²) in [6, 6.07) is 12.3. The zero-order valence-corrected chi connectivity index (χ0v) is 13.3. The van der Waals surface area contributed by atoms with Gasteiger partial charge in [0, 0.05) is 12.6 Å². The number of carbonyl (C=O) groups excluding carboxylic acids is 1. The molecule has 0 aliphatic heterocycles. The van der Waals surface area contributed by atoms with E-state index in [1.807, 2.05) is 24.3 Å². The number of hydrogen-bond donors (Lipinski definition) is 1. The number of para-hydroxylation sites is 3. The molecule has 0 bridgehead atoms. The Kier molecular flexibility index (Phi) is 3.99. The molecule has 0 aliphatic carbocycles. The number of imidazole rings is 1. The summed E-state index contributed by atoms with van der Waals surface area (Å²) in [5, 5.41) is 11.3. The Bertz CT molecular complexity index is 899. The molecule has 3 rings (SSSR count). The fraction of sp³-hybridized carbons (Fsp3) is 0.176. The van der Waals surface area contributed by atoms with Gasteiger partial charge in [0.15, 0.2) is 0 Å². The molecule has 2 aromatic carbocycles. The van der Waals surface area contributed by atoms with E-state index in [0.717, 1.165) is 11.0 Å². The summed E-state index contributed by atoms with van der Waals surface area (Å²) in [6.07, 6.45) is 0. The average molecular weight is 324 g/mol. The van der Waals surface area contributed by atoms with Gasteiger partial charge in [0.1, 0.15) is 11.4 Å². The number of hydrogen-bond acceptors (Lipinski definition) is 4. The van der Waals surface area contributed by atoms with Crippen molar-refractivity contribution in [1.29, 1.82) is 0 Å². The lowest BCUT2D eigenvalue weighted by atomic mass is 10.1. The summed E-state index contributed by atoms with van der Waals surface area (Å²) < 4.78 is 0. The van der Waals surface area contributed by atoms with Crippen molar-refractivity contribution in [3.05, 3.63) is 69.5 Å². The molecule has 0 atom stereocenters. The summed E-state index contributed by atoms with van der Waals surface area (Å²) in [4.78, 5) is 32.3. The quantitative estimate of drug-likeness (QED) is 0.589. The standard InChI is InChI=1S/C17H16N4O3/c1-11-6-5-7-12(16(11)21(23)24)17(22)20(2)10-15-18-13-8-3-4-9-14(13)19-15/h3-9H,10H2,1-2H3,(H,18,19). The lowest BCUT2D eigenvalue weighted by Crippen LogP contribution is -2.27. The number of fused-ring (bicyclic) bond motifs is 1. The number of aryl methyl sites for hydroxylation is 1. The summed E-state index contributed by atoms with van der Waals surface area (Å²) in [5.74, 6) is 0.216. The first-order chi connectivity index (χ1) is 11.5. The van der Waals surface area contributed by atoms with Gasteiger partial charge in [0.2, 0.25) is 0 Å². The number of nitrogens with zero attached hydrogens (tertiary/aromatic N) is 3. The number of amides is 1. The molecular weight excluding hydrogens is 308 g/mol. The minimum atomic E-state index is -0.516. The smallest absolute Gasteiger partial charge is 0.285 e. The Balaban J connectivity index is 1.87. The highest BCUT2D eigenvalue weighted by molar-refractivity contribution is 5.98. The van der Waals surface area contributed by atoms with Crippen molar-refractivity contribution < 1.29 is 9.72 Å². The number of rotatable bonds is 4. The molecule has 0 saturated heterocycles. The van der Waals surface area contributed by atoms with Gasteiger partial charge in [-0.2, -0.15) is 0 Å². The van der Waals surface area contributed by atoms with E-state index in [4.69, 9.17) is 0 Å². The highest BCUT2D eigenvalue weighted by atomic mass is 16.6. The lowest BCUT2D eigenvalue weighted by molar-refractivity contribution is -0.385. The van der Waals surface area contributed by atoms with Crippen molar-refractivity contribution in [1.82, 2.24) is 14.9 Å². The third kappa shape index (κ3) is 2.83. The van der Waals surface area contributed by atoms with E-state index in [1.165, 1.54) is 11.0 Å². The fourth-order valence-electron chi connectivity index (χ4n) is 2.66. The van der Waals surface area contributed by atoms with Crippen LogP contribution in [0.4, 0.5) is 5.69 Å². The van der Waals surface area contributed by atoms with Crippen LogP contribution in [0.25, 0.3) is 11.0 Å². The van der Waals surface area contributed by atoms with Crippen molar-refractivity contribution in [2.75, 3.05) is 7.05 Å². The zero-order chi connectivity index (χ0) is 17.3. The first kappa shape index (κ1) is 15.7. The minimum Gasteiger partial charge on any atom is -0.340 e. The van der Waals surface area contributed by atoms with E-state index in [2.05, 4.69) is 9.97 Å². The maximum absolute atomic E-state index is 12.6. The van der Waals surface area contributed by atoms with Crippen LogP contribution in [0.15, 0.2) is 42.5 Å². The van der Waals surface area contributed by atoms with Crippen LogP contribution in [0.2, 0.25) is 0 Å². The second-order valence-corrected chi connectivity index (χ2v) is 5.59. The number of benzene rings is 2. The summed E-state index contributed by atoms with van der Waals surface area (Å²) >= 11 is 0. The molecule has 1 aromatic heterocycles. The predicted octanol–water partition coefficient (Wildman–Crippen LogP) is 3.05. The van der Waals surface area contributed by atoms with Gasteiger partial charge in [-0.3, -0.25) is 14.9 Å². The van der Waals surface area contributed by atoms with Crippen molar-refractivity contribution >= 4 is 22.6 Å². The van der Waals surface area contributed by atoms with Crippen molar-refractivity contribution in [2.24, 2.45) is 0 Å². The maximum atomic E-state index is 12.6. The average Bonchev–Trinajstić information content (AvgIpc) is 2.95. The van der Waals surface area contributed by atoms with Gasteiger partial charge in [0.25, 0.3) is 11.6 Å². The van der Waals surface area contributed by atoms with Crippen LogP contribution in [0.1, 0.15) is 21.7 Å². The third-order valence-corrected chi connectivity index (χ3v) is 3.82. The molecule has 122 valence electrons. The fourth-order valence-corrected chi connectivity index (χ4v) is 2.66. The molecule has 1 heterocycles. The van der Waals surface area contributed by atoms with Gasteiger partial charge >= 0.3 is 0 Å². The largest absolute Gasteiger partial charge is 0.340 e. The van der Waals surface area contributed by atoms with Crippen molar-refractivity contribution in [3.63, 3.8) is 0 Å². The van der Waals surface area contributed by atoms with E-state index in [-0.39, 0.29) is 17.8 Å². The number of aromatic amines is 1. The molecule has 0 spiro atoms. The van der Waals surface area contributed by atoms with Gasteiger partial charge in [-0.15, -0.1) is 0 Å². The van der Waals surface area contributed by atoms with E-state index in [1.54, 1.807) is 26.1 Å². The monoisotopic (exact) mass is 324 g/mol. The molecule has 7 heteroatoms. The van der Waals surface area contributed by atoms with Crippen molar-refractivity contribution in [2.45, 2.75) is 13.5 Å². The van der Waals surface area contributed by atoms with E-state index in [0.29, 0.717) is 11.4 Å². The zero-order valence-electron chi connectivity index (χ0n) is 13.3. The summed E-state index contributed by atoms with van der Waals surface area (Å²) in [5.41, 5.74) is 2.09. The summed E-state index contributed by atoms with van der Waals surface area (Å²) in [7, 11) is 1.60. The van der Waals surface area contributed by atoms with Crippen LogP contribution in [0.3, 0.4) is 0 Å². The van der Waals surface area contributed by atoms with Crippen LogP contribution in [0, 0.1) is 17.0 Å². The number of nitrogens with one attached hydrogen (secondary N) is 1. The molecule has 0 fully saturated rings. The molecule has 24 heavy (non-hydrogen) atoms. The molecular formula is C17H16N4O3. The van der Waals surface area contributed by atoms with Gasteiger partial charge in [0.05, 0.1) is 22.5 Å². The van der Waals surface area contributed by atoms with Crippen LogP contribution < -0.4 is 0 Å². The Labute approximate surface area is 138 Å². The number of carbonyl (C=O) groups is 1. The highest BCUT2D eigenvalue weighted by Crippen LogP contribution is 2.24. The molecule has 0 aliphatic rings. The van der Waals surface area contributed by atoms with Gasteiger partial charge in [-0.25, -0.2) is 4.98 Å². The van der Waals surface area contributed by atoms with E-state index in [9.17, 15) is 14.9 Å². The molecule has 0 saturated carbocycles. The number of nitro groups is 1. The normalized spacial score (nSPS) is 10.8.